The van der Waals surface area contributed by atoms with Gasteiger partial charge in [0, 0.05) is 0 Å². The predicted molar refractivity (Wildman–Crippen MR) is 61.6 cm³/mol. The first-order chi connectivity index (χ1) is 6.97. The van der Waals surface area contributed by atoms with Crippen molar-refractivity contribution < 1.29 is 9.53 Å². The van der Waals surface area contributed by atoms with Crippen LogP contribution < -0.4 is 5.73 Å². The molecule has 15 heavy (non-hydrogen) atoms. The molecular weight excluding hydrogens is 192 g/mol. The third kappa shape index (κ3) is 5.14. The third-order valence-corrected chi connectivity index (χ3v) is 2.72. The fourth-order valence-corrected chi connectivity index (χ4v) is 1.54. The molecule has 2 N–H and O–H groups in total. The van der Waals surface area contributed by atoms with Gasteiger partial charge in [-0.3, -0.25) is 4.79 Å². The average Bonchev–Trinajstić information content (AvgIpc) is 2.23. The van der Waals surface area contributed by atoms with Crippen LogP contribution in [0.2, 0.25) is 0 Å². The zero-order valence-corrected chi connectivity index (χ0v) is 10.4. The highest BCUT2D eigenvalue weighted by Gasteiger charge is 2.28. The summed E-state index contributed by atoms with van der Waals surface area (Å²) in [5.41, 5.74) is 5.00. The number of nitrogens with two attached hydrogens (primary N) is 1. The lowest BCUT2D eigenvalue weighted by Crippen LogP contribution is -2.46. The standard InChI is InChI=1S/C11H24N2O2/c1-5-13(6-2)9-7-8-11(3,12)10(14)15-4/h5-9,12H2,1-4H3. The minimum atomic E-state index is -0.845. The molecule has 0 heterocycles. The van der Waals surface area contributed by atoms with Crippen molar-refractivity contribution in [2.75, 3.05) is 26.7 Å². The van der Waals surface area contributed by atoms with Gasteiger partial charge >= 0.3 is 5.97 Å². The van der Waals surface area contributed by atoms with Crippen molar-refractivity contribution in [1.29, 1.82) is 0 Å². The number of carbonyl (C=O) groups excluding carboxylic acids is 1. The first-order valence-electron chi connectivity index (χ1n) is 5.57. The minimum Gasteiger partial charge on any atom is -0.468 e. The Balaban J connectivity index is 3.88. The van der Waals surface area contributed by atoms with E-state index in [1.807, 2.05) is 0 Å². The lowest BCUT2D eigenvalue weighted by atomic mass is 9.97. The largest absolute Gasteiger partial charge is 0.468 e. The highest BCUT2D eigenvalue weighted by atomic mass is 16.5. The van der Waals surface area contributed by atoms with Crippen LogP contribution in [0.5, 0.6) is 0 Å². The molecule has 0 radical (unpaired) electrons. The van der Waals surface area contributed by atoms with Crippen LogP contribution in [0.1, 0.15) is 33.6 Å². The van der Waals surface area contributed by atoms with Crippen molar-refractivity contribution in [3.63, 3.8) is 0 Å². The van der Waals surface area contributed by atoms with E-state index < -0.39 is 5.54 Å². The molecule has 1 unspecified atom stereocenters. The normalized spacial score (nSPS) is 15.1. The summed E-state index contributed by atoms with van der Waals surface area (Å²) in [6.07, 6.45) is 1.58. The molecule has 0 aromatic heterocycles. The van der Waals surface area contributed by atoms with E-state index in [4.69, 9.17) is 5.73 Å². The Labute approximate surface area is 92.8 Å². The molecular formula is C11H24N2O2. The zero-order valence-electron chi connectivity index (χ0n) is 10.4. The number of nitrogens with zero attached hydrogens (tertiary/aromatic N) is 1. The summed E-state index contributed by atoms with van der Waals surface area (Å²) < 4.78 is 4.65. The molecule has 0 bridgehead atoms. The quantitative estimate of drug-likeness (QED) is 0.645. The summed E-state index contributed by atoms with van der Waals surface area (Å²) in [5.74, 6) is -0.331. The maximum absolute atomic E-state index is 11.3. The minimum absolute atomic E-state index is 0.331. The third-order valence-electron chi connectivity index (χ3n) is 2.72. The number of hydrogen-bond acceptors (Lipinski definition) is 4. The number of esters is 1. The molecule has 4 heteroatoms. The fourth-order valence-electron chi connectivity index (χ4n) is 1.54. The van der Waals surface area contributed by atoms with Gasteiger partial charge in [0.15, 0.2) is 0 Å². The number of hydrogen-bond donors (Lipinski definition) is 1. The zero-order chi connectivity index (χ0) is 11.9. The predicted octanol–water partition coefficient (Wildman–Crippen LogP) is 0.999. The maximum Gasteiger partial charge on any atom is 0.325 e. The van der Waals surface area contributed by atoms with Gasteiger partial charge in [-0.05, 0) is 39.4 Å². The highest BCUT2D eigenvalue weighted by molar-refractivity contribution is 5.79. The van der Waals surface area contributed by atoms with Crippen LogP contribution in [-0.4, -0.2) is 43.2 Å². The summed E-state index contributed by atoms with van der Waals surface area (Å²) in [7, 11) is 1.37. The second kappa shape index (κ2) is 6.80. The van der Waals surface area contributed by atoms with Crippen LogP contribution in [-0.2, 0) is 9.53 Å². The van der Waals surface area contributed by atoms with Gasteiger partial charge in [-0.2, -0.15) is 0 Å². The van der Waals surface area contributed by atoms with Crippen LogP contribution in [0, 0.1) is 0 Å². The lowest BCUT2D eigenvalue weighted by molar-refractivity contribution is -0.146. The molecule has 0 aliphatic carbocycles. The number of ether oxygens (including phenoxy) is 1. The van der Waals surface area contributed by atoms with Crippen LogP contribution in [0.15, 0.2) is 0 Å². The van der Waals surface area contributed by atoms with E-state index in [-0.39, 0.29) is 5.97 Å². The van der Waals surface area contributed by atoms with Gasteiger partial charge in [-0.1, -0.05) is 13.8 Å². The van der Waals surface area contributed by atoms with Crippen LogP contribution in [0.4, 0.5) is 0 Å². The molecule has 0 aromatic carbocycles. The molecule has 0 spiro atoms. The first-order valence-corrected chi connectivity index (χ1v) is 5.57. The maximum atomic E-state index is 11.3. The Bertz CT molecular complexity index is 189. The van der Waals surface area contributed by atoms with Gasteiger partial charge in [-0.25, -0.2) is 0 Å². The van der Waals surface area contributed by atoms with Crippen molar-refractivity contribution in [1.82, 2.24) is 4.90 Å². The molecule has 0 saturated carbocycles. The molecule has 0 saturated heterocycles. The van der Waals surface area contributed by atoms with E-state index in [0.717, 1.165) is 26.1 Å². The molecule has 4 nitrogen and oxygen atoms in total. The molecule has 0 aromatic rings. The Morgan fingerprint density at radius 1 is 1.40 bits per heavy atom. The monoisotopic (exact) mass is 216 g/mol. The van der Waals surface area contributed by atoms with Crippen molar-refractivity contribution in [3.05, 3.63) is 0 Å². The van der Waals surface area contributed by atoms with Crippen molar-refractivity contribution >= 4 is 5.97 Å². The fraction of sp³-hybridized carbons (Fsp3) is 0.909. The Kier molecular flexibility index (Phi) is 6.52. The molecule has 0 fully saturated rings. The van der Waals surface area contributed by atoms with E-state index in [9.17, 15) is 4.79 Å². The second-order valence-electron chi connectivity index (χ2n) is 4.04. The van der Waals surface area contributed by atoms with Crippen LogP contribution >= 0.6 is 0 Å². The highest BCUT2D eigenvalue weighted by Crippen LogP contribution is 2.11. The van der Waals surface area contributed by atoms with Crippen molar-refractivity contribution in [3.8, 4) is 0 Å². The number of carbonyl (C=O) groups is 1. The summed E-state index contributed by atoms with van der Waals surface area (Å²) in [6, 6.07) is 0. The molecule has 0 rings (SSSR count). The first kappa shape index (κ1) is 14.4. The number of methoxy groups -OCH3 is 1. The van der Waals surface area contributed by atoms with Crippen LogP contribution in [0.25, 0.3) is 0 Å². The lowest BCUT2D eigenvalue weighted by Gasteiger charge is -2.23. The van der Waals surface area contributed by atoms with E-state index in [1.54, 1.807) is 6.92 Å². The smallest absolute Gasteiger partial charge is 0.325 e. The number of rotatable bonds is 7. The summed E-state index contributed by atoms with van der Waals surface area (Å²) in [5, 5.41) is 0. The van der Waals surface area contributed by atoms with Crippen molar-refractivity contribution in [2.45, 2.75) is 39.2 Å². The average molecular weight is 216 g/mol. The van der Waals surface area contributed by atoms with Gasteiger partial charge in [0.25, 0.3) is 0 Å². The molecule has 90 valence electrons. The van der Waals surface area contributed by atoms with E-state index in [2.05, 4.69) is 23.5 Å². The molecule has 0 aliphatic rings. The Morgan fingerprint density at radius 2 is 1.93 bits per heavy atom. The van der Waals surface area contributed by atoms with Crippen molar-refractivity contribution in [2.24, 2.45) is 5.73 Å². The topological polar surface area (TPSA) is 55.6 Å². The van der Waals surface area contributed by atoms with E-state index >= 15 is 0 Å². The molecule has 0 amide bonds. The Hall–Kier alpha value is -0.610. The molecule has 1 atom stereocenters. The summed E-state index contributed by atoms with van der Waals surface area (Å²) in [6.45, 7) is 9.04. The SMILES string of the molecule is CCN(CC)CCCC(C)(N)C(=O)OC. The summed E-state index contributed by atoms with van der Waals surface area (Å²) >= 11 is 0. The summed E-state index contributed by atoms with van der Waals surface area (Å²) in [4.78, 5) is 13.6. The van der Waals surface area contributed by atoms with Gasteiger partial charge in [0.1, 0.15) is 5.54 Å². The second-order valence-corrected chi connectivity index (χ2v) is 4.04. The van der Waals surface area contributed by atoms with Gasteiger partial charge in [0.2, 0.25) is 0 Å². The van der Waals surface area contributed by atoms with Gasteiger partial charge in [0.05, 0.1) is 7.11 Å². The van der Waals surface area contributed by atoms with E-state index in [1.165, 1.54) is 7.11 Å². The molecule has 0 aliphatic heterocycles. The van der Waals surface area contributed by atoms with Crippen LogP contribution in [0.3, 0.4) is 0 Å². The Morgan fingerprint density at radius 3 is 2.33 bits per heavy atom. The van der Waals surface area contributed by atoms with E-state index in [0.29, 0.717) is 6.42 Å². The van der Waals surface area contributed by atoms with Gasteiger partial charge in [-0.15, -0.1) is 0 Å². The van der Waals surface area contributed by atoms with Gasteiger partial charge < -0.3 is 15.4 Å².